The number of aliphatic imine (C=N–C) groups is 1. The maximum absolute atomic E-state index is 5.46. The van der Waals surface area contributed by atoms with Crippen LogP contribution in [0.2, 0.25) is 0 Å². The van der Waals surface area contributed by atoms with E-state index in [4.69, 9.17) is 9.57 Å². The Morgan fingerprint density at radius 3 is 2.88 bits per heavy atom. The molecular formula is C19H30N4O2. The van der Waals surface area contributed by atoms with Gasteiger partial charge in [0.1, 0.15) is 6.73 Å². The van der Waals surface area contributed by atoms with Gasteiger partial charge in [-0.1, -0.05) is 18.4 Å². The molecule has 138 valence electrons. The molecule has 0 spiro atoms. The van der Waals surface area contributed by atoms with E-state index >= 15 is 0 Å². The molecule has 1 saturated heterocycles. The van der Waals surface area contributed by atoms with Crippen molar-refractivity contribution in [3.8, 4) is 11.8 Å². The normalized spacial score (nSPS) is 26.3. The third-order valence-corrected chi connectivity index (χ3v) is 4.52. The number of hydroxylamine groups is 2. The molecule has 1 saturated carbocycles. The number of hydrogen-bond donors (Lipinski definition) is 1. The highest BCUT2D eigenvalue weighted by Gasteiger charge is 2.57. The molecule has 0 radical (unpaired) electrons. The molecule has 0 bridgehead atoms. The van der Waals surface area contributed by atoms with Gasteiger partial charge in [0.25, 0.3) is 0 Å². The Balaban J connectivity index is 1.78. The molecule has 0 aromatic heterocycles. The van der Waals surface area contributed by atoms with Gasteiger partial charge in [-0.3, -0.25) is 10.2 Å². The Bertz CT molecular complexity index is 602. The summed E-state index contributed by atoms with van der Waals surface area (Å²) >= 11 is 0. The second-order valence-electron chi connectivity index (χ2n) is 7.01. The maximum Gasteiger partial charge on any atom is 0.120 e. The van der Waals surface area contributed by atoms with Crippen LogP contribution in [-0.2, 0) is 9.57 Å². The van der Waals surface area contributed by atoms with Crippen LogP contribution in [0.3, 0.4) is 0 Å². The summed E-state index contributed by atoms with van der Waals surface area (Å²) in [6.45, 7) is 10.1. The lowest BCUT2D eigenvalue weighted by Gasteiger charge is -2.24. The molecule has 1 N–H and O–H groups in total. The van der Waals surface area contributed by atoms with Gasteiger partial charge >= 0.3 is 0 Å². The molecule has 2 rings (SSSR count). The lowest BCUT2D eigenvalue weighted by molar-refractivity contribution is -0.130. The molecule has 1 aliphatic carbocycles. The van der Waals surface area contributed by atoms with Crippen molar-refractivity contribution in [3.63, 3.8) is 0 Å². The molecule has 6 nitrogen and oxygen atoms in total. The molecule has 0 amide bonds. The summed E-state index contributed by atoms with van der Waals surface area (Å²) in [5.74, 6) is 7.14. The average molecular weight is 346 g/mol. The average Bonchev–Trinajstić information content (AvgIpc) is 3.10. The second-order valence-corrected chi connectivity index (χ2v) is 7.01. The number of nitrogens with one attached hydrogen (secondary N) is 1. The Labute approximate surface area is 151 Å². The number of hydrogen-bond acceptors (Lipinski definition) is 5. The van der Waals surface area contributed by atoms with Crippen molar-refractivity contribution in [3.05, 3.63) is 23.9 Å². The standard InChI is InChI=1S/C19H30N4O2/c1-15(7-8-19-10-18(19)11-24-12-19)9-16(2)20-13-23(6)17(3)21-14-25-22(4)5/h9,13,17-18,21H,1,10-12,14H2,2-6H3/b16-9+,20-13-. The van der Waals surface area contributed by atoms with Crippen LogP contribution >= 0.6 is 0 Å². The molecule has 1 aliphatic heterocycles. The first-order valence-corrected chi connectivity index (χ1v) is 8.60. The minimum absolute atomic E-state index is 0.104. The van der Waals surface area contributed by atoms with E-state index in [0.29, 0.717) is 12.6 Å². The highest BCUT2D eigenvalue weighted by Crippen LogP contribution is 2.56. The van der Waals surface area contributed by atoms with Gasteiger partial charge < -0.3 is 9.64 Å². The van der Waals surface area contributed by atoms with Gasteiger partial charge in [-0.05, 0) is 26.3 Å². The van der Waals surface area contributed by atoms with Crippen molar-refractivity contribution in [2.75, 3.05) is 41.1 Å². The van der Waals surface area contributed by atoms with E-state index in [0.717, 1.165) is 24.5 Å². The summed E-state index contributed by atoms with van der Waals surface area (Å²) in [5.41, 5.74) is 1.77. The van der Waals surface area contributed by atoms with Gasteiger partial charge in [-0.2, -0.15) is 5.06 Å². The fourth-order valence-corrected chi connectivity index (χ4v) is 2.59. The van der Waals surface area contributed by atoms with Crippen LogP contribution in [0.5, 0.6) is 0 Å². The number of fused-ring (bicyclic) bond motifs is 1. The van der Waals surface area contributed by atoms with E-state index in [1.165, 1.54) is 6.42 Å². The molecular weight excluding hydrogens is 316 g/mol. The van der Waals surface area contributed by atoms with E-state index in [9.17, 15) is 0 Å². The van der Waals surface area contributed by atoms with Crippen LogP contribution in [0.4, 0.5) is 0 Å². The minimum atomic E-state index is 0.104. The lowest BCUT2D eigenvalue weighted by atomic mass is 10.1. The first-order valence-electron chi connectivity index (χ1n) is 8.60. The summed E-state index contributed by atoms with van der Waals surface area (Å²) in [6.07, 6.45) is 4.98. The van der Waals surface area contributed by atoms with Crippen LogP contribution in [-0.4, -0.2) is 63.6 Å². The predicted molar refractivity (Wildman–Crippen MR) is 101 cm³/mol. The van der Waals surface area contributed by atoms with Gasteiger partial charge in [-0.15, -0.1) is 0 Å². The highest BCUT2D eigenvalue weighted by atomic mass is 16.7. The zero-order valence-electron chi connectivity index (χ0n) is 16.0. The van der Waals surface area contributed by atoms with E-state index in [2.05, 4.69) is 28.7 Å². The van der Waals surface area contributed by atoms with Crippen LogP contribution in [0.1, 0.15) is 20.3 Å². The predicted octanol–water partition coefficient (Wildman–Crippen LogP) is 1.83. The molecule has 0 aromatic carbocycles. The van der Waals surface area contributed by atoms with Crippen molar-refractivity contribution in [2.45, 2.75) is 26.4 Å². The molecule has 1 heterocycles. The van der Waals surface area contributed by atoms with Crippen LogP contribution in [0, 0.1) is 23.2 Å². The SMILES string of the molecule is C=C(C#CC12COCC1C2)/C=C(C)/N=C\N(C)C(C)NCON(C)C. The van der Waals surface area contributed by atoms with Crippen molar-refractivity contribution in [1.82, 2.24) is 15.3 Å². The quantitative estimate of drug-likeness (QED) is 0.181. The van der Waals surface area contributed by atoms with Gasteiger partial charge in [0.2, 0.25) is 0 Å². The summed E-state index contributed by atoms with van der Waals surface area (Å²) in [6, 6.07) is 0. The van der Waals surface area contributed by atoms with Crippen molar-refractivity contribution < 1.29 is 9.57 Å². The van der Waals surface area contributed by atoms with E-state index < -0.39 is 0 Å². The fraction of sp³-hybridized carbons (Fsp3) is 0.632. The molecule has 2 fully saturated rings. The summed E-state index contributed by atoms with van der Waals surface area (Å²) < 4.78 is 5.46. The number of allylic oxidation sites excluding steroid dienone is 3. The molecule has 0 aromatic rings. The summed E-state index contributed by atoms with van der Waals surface area (Å²) in [5, 5.41) is 4.90. The number of rotatable bonds is 8. The fourth-order valence-electron chi connectivity index (χ4n) is 2.59. The third kappa shape index (κ3) is 5.98. The lowest BCUT2D eigenvalue weighted by Crippen LogP contribution is -2.42. The van der Waals surface area contributed by atoms with Gasteiger partial charge in [0.05, 0.1) is 31.1 Å². The minimum Gasteiger partial charge on any atom is -0.380 e. The smallest absolute Gasteiger partial charge is 0.120 e. The van der Waals surface area contributed by atoms with Gasteiger partial charge in [0.15, 0.2) is 0 Å². The van der Waals surface area contributed by atoms with Crippen LogP contribution in [0.15, 0.2) is 28.9 Å². The Hall–Kier alpha value is -1.65. The number of ether oxygens (including phenoxy) is 1. The monoisotopic (exact) mass is 346 g/mol. The largest absolute Gasteiger partial charge is 0.380 e. The van der Waals surface area contributed by atoms with Crippen LogP contribution in [0.25, 0.3) is 0 Å². The van der Waals surface area contributed by atoms with E-state index in [1.54, 1.807) is 11.4 Å². The Morgan fingerprint density at radius 1 is 1.52 bits per heavy atom. The maximum atomic E-state index is 5.46. The first-order chi connectivity index (χ1) is 11.8. The van der Waals surface area contributed by atoms with Gasteiger partial charge in [-0.25, -0.2) is 4.99 Å². The molecule has 2 aliphatic rings. The Morgan fingerprint density at radius 2 is 2.28 bits per heavy atom. The zero-order valence-corrected chi connectivity index (χ0v) is 16.0. The molecule has 3 unspecified atom stereocenters. The van der Waals surface area contributed by atoms with E-state index in [-0.39, 0.29) is 11.6 Å². The van der Waals surface area contributed by atoms with Gasteiger partial charge in [0, 0.05) is 38.3 Å². The summed E-state index contributed by atoms with van der Waals surface area (Å²) in [4.78, 5) is 11.8. The molecule has 6 heteroatoms. The topological polar surface area (TPSA) is 49.3 Å². The third-order valence-electron chi connectivity index (χ3n) is 4.52. The summed E-state index contributed by atoms with van der Waals surface area (Å²) in [7, 11) is 5.67. The van der Waals surface area contributed by atoms with Crippen molar-refractivity contribution in [2.24, 2.45) is 16.3 Å². The zero-order chi connectivity index (χ0) is 18.4. The van der Waals surface area contributed by atoms with Crippen LogP contribution < -0.4 is 5.32 Å². The Kier molecular flexibility index (Phi) is 6.79. The van der Waals surface area contributed by atoms with Crippen molar-refractivity contribution in [1.29, 1.82) is 0 Å². The number of nitrogens with zero attached hydrogens (tertiary/aromatic N) is 3. The highest BCUT2D eigenvalue weighted by molar-refractivity contribution is 5.57. The second kappa shape index (κ2) is 8.63. The van der Waals surface area contributed by atoms with Crippen molar-refractivity contribution >= 4 is 6.34 Å². The van der Waals surface area contributed by atoms with E-state index in [1.807, 2.05) is 46.0 Å². The molecule has 3 atom stereocenters. The molecule has 25 heavy (non-hydrogen) atoms. The first kappa shape index (κ1) is 19.7.